The second kappa shape index (κ2) is 18.5. The molecule has 0 spiro atoms. The van der Waals surface area contributed by atoms with Crippen LogP contribution in [-0.2, 0) is 26.3 Å². The third kappa shape index (κ3) is 8.66. The summed E-state index contributed by atoms with van der Waals surface area (Å²) >= 11 is 7.57. The van der Waals surface area contributed by atoms with Crippen molar-refractivity contribution >= 4 is 49.7 Å². The predicted molar refractivity (Wildman–Crippen MR) is 229 cm³/mol. The Kier molecular flexibility index (Phi) is 12.7. The van der Waals surface area contributed by atoms with Gasteiger partial charge in [-0.15, -0.1) is 0 Å². The van der Waals surface area contributed by atoms with Crippen molar-refractivity contribution in [2.75, 3.05) is 6.61 Å². The first-order valence-corrected chi connectivity index (χ1v) is 22.8. The molecule has 0 bridgehead atoms. The van der Waals surface area contributed by atoms with Crippen molar-refractivity contribution < 1.29 is 19.1 Å². The number of aromatic nitrogens is 2. The molecule has 9 heteroatoms. The summed E-state index contributed by atoms with van der Waals surface area (Å²) in [5.74, 6) is -0.289. The Morgan fingerprint density at radius 2 is 1.34 bits per heavy atom. The number of nitrogens with zero attached hydrogens (tertiary/aromatic N) is 2. The average Bonchev–Trinajstić information content (AvgIpc) is 3.86. The SMILES string of the molecule is O=C(N[C@H](Cc1c[n]([Tl])cn1)C(=O)OC(c1ccccc1)(c1ccc(C2CCCCCCCC2)cc1)c1ccccc1Cl)OCC1c2ccccc2-c2ccccc21. The molecule has 6 aromatic rings. The van der Waals surface area contributed by atoms with E-state index in [2.05, 4.69) is 58.8 Å². The maximum absolute atomic E-state index is 15.0. The van der Waals surface area contributed by atoms with Crippen LogP contribution >= 0.6 is 11.6 Å². The molecule has 7 nitrogen and oxygen atoms in total. The summed E-state index contributed by atoms with van der Waals surface area (Å²) in [5, 5.41) is 3.36. The number of alkyl carbamates (subject to hydrolysis) is 1. The zero-order valence-electron chi connectivity index (χ0n) is 32.6. The molecular weight excluding hydrogens is 934 g/mol. The number of esters is 1. The maximum atomic E-state index is 15.0. The van der Waals surface area contributed by atoms with E-state index in [1.54, 1.807) is 6.33 Å². The quantitative estimate of drug-likeness (QED) is 0.0795. The Balaban J connectivity index is 1.13. The predicted octanol–water partition coefficient (Wildman–Crippen LogP) is 10.7. The number of hydrogen-bond donors (Lipinski definition) is 1. The Labute approximate surface area is 362 Å². The molecule has 1 amide bonds. The molecule has 1 unspecified atom stereocenters. The van der Waals surface area contributed by atoms with Crippen LogP contribution in [0.3, 0.4) is 0 Å². The molecule has 5 aromatic carbocycles. The summed E-state index contributed by atoms with van der Waals surface area (Å²) < 4.78 is 14.9. The van der Waals surface area contributed by atoms with E-state index in [9.17, 15) is 9.59 Å². The van der Waals surface area contributed by atoms with Gasteiger partial charge in [0.1, 0.15) is 0 Å². The van der Waals surface area contributed by atoms with E-state index in [0.717, 1.165) is 33.4 Å². The van der Waals surface area contributed by atoms with Crippen LogP contribution in [0.15, 0.2) is 140 Å². The summed E-state index contributed by atoms with van der Waals surface area (Å²) in [5.41, 5.74) is 7.11. The molecule has 2 aliphatic carbocycles. The third-order valence-corrected chi connectivity index (χ3v) is 13.2. The molecule has 2 aliphatic rings. The monoisotopic (exact) mass is 981 g/mol. The molecule has 8 rings (SSSR count). The molecule has 0 saturated heterocycles. The van der Waals surface area contributed by atoms with E-state index < -0.39 is 23.7 Å². The van der Waals surface area contributed by atoms with E-state index in [0.29, 0.717) is 48.3 Å². The van der Waals surface area contributed by atoms with Crippen LogP contribution in [0, 0.1) is 0 Å². The number of carbonyl (C=O) groups is 2. The van der Waals surface area contributed by atoms with Crippen molar-refractivity contribution in [3.05, 3.63) is 184 Å². The summed E-state index contributed by atoms with van der Waals surface area (Å²) in [4.78, 5) is 33.4. The van der Waals surface area contributed by atoms with Crippen LogP contribution < -0.4 is 5.32 Å². The molecule has 1 aromatic heterocycles. The molecule has 2 atom stereocenters. The van der Waals surface area contributed by atoms with E-state index >= 15 is 0 Å². The number of imidazole rings is 1. The van der Waals surface area contributed by atoms with Crippen molar-refractivity contribution in [2.45, 2.75) is 81.3 Å². The fourth-order valence-electron chi connectivity index (χ4n) is 8.92. The Hall–Kier alpha value is -4.74. The fourth-order valence-corrected chi connectivity index (χ4v) is 10.1. The van der Waals surface area contributed by atoms with Gasteiger partial charge in [-0.25, -0.2) is 0 Å². The van der Waals surface area contributed by atoms with Gasteiger partial charge in [0.05, 0.1) is 0 Å². The van der Waals surface area contributed by atoms with Gasteiger partial charge < -0.3 is 0 Å². The first-order chi connectivity index (χ1) is 28.4. The number of carbonyl (C=O) groups excluding carboxylic acids is 2. The van der Waals surface area contributed by atoms with Gasteiger partial charge in [-0.05, 0) is 18.8 Å². The van der Waals surface area contributed by atoms with Crippen molar-refractivity contribution in [3.63, 3.8) is 0 Å². The molecule has 1 saturated carbocycles. The van der Waals surface area contributed by atoms with Crippen LogP contribution in [-0.4, -0.2) is 58.1 Å². The standard InChI is InChI=1S/C49H48ClN3O4.Tl/c50-45-25-15-14-24-44(45)49(36-18-8-5-9-19-36,37-28-26-35(27-29-37)34-16-6-3-1-2-4-7-17-34)57-47(54)46(30-38-31-51-33-52-38)53-48(55)56-32-43-41-22-12-10-20-39(41)40-21-11-13-23-42(40)43;/h5,8-15,18-29,31,33-34,43,46H,1-4,6-7,16-17,30,32H2,(H2,51,52,53,55);/q;+1/p-1/t46-,49?;/m1./s1. The topological polar surface area (TPSA) is 82.5 Å². The minimum atomic E-state index is -1.45. The van der Waals surface area contributed by atoms with Gasteiger partial charge in [0.15, 0.2) is 0 Å². The Bertz CT molecular complexity index is 2290. The van der Waals surface area contributed by atoms with Crippen molar-refractivity contribution in [3.8, 4) is 11.1 Å². The summed E-state index contributed by atoms with van der Waals surface area (Å²) in [7, 11) is 0. The zero-order chi connectivity index (χ0) is 39.9. The molecule has 58 heavy (non-hydrogen) atoms. The van der Waals surface area contributed by atoms with Crippen molar-refractivity contribution in [1.29, 1.82) is 0 Å². The normalized spacial score (nSPS) is 16.1. The van der Waals surface area contributed by atoms with Gasteiger partial charge in [-0.1, -0.05) is 74.9 Å². The second-order valence-corrected chi connectivity index (χ2v) is 18.2. The van der Waals surface area contributed by atoms with Gasteiger partial charge in [0.25, 0.3) is 0 Å². The van der Waals surface area contributed by atoms with Gasteiger partial charge in [0, 0.05) is 0 Å². The summed E-state index contributed by atoms with van der Waals surface area (Å²) in [6, 6.07) is 41.1. The van der Waals surface area contributed by atoms with Crippen LogP contribution in [0.2, 0.25) is 5.02 Å². The molecule has 1 N–H and O–H groups in total. The van der Waals surface area contributed by atoms with Crippen LogP contribution in [0.1, 0.15) is 102 Å². The zero-order valence-corrected chi connectivity index (χ0v) is 37.8. The van der Waals surface area contributed by atoms with Crippen molar-refractivity contribution in [1.82, 2.24) is 12.7 Å². The molecule has 0 aliphatic heterocycles. The number of hydrogen-bond acceptors (Lipinski definition) is 5. The number of nitrogens with one attached hydrogen (secondary N) is 1. The number of rotatable bonds is 11. The van der Waals surface area contributed by atoms with E-state index in [1.807, 2.05) is 87.4 Å². The van der Waals surface area contributed by atoms with Crippen LogP contribution in [0.25, 0.3) is 11.1 Å². The van der Waals surface area contributed by atoms with Gasteiger partial charge >= 0.3 is 271 Å². The summed E-state index contributed by atoms with van der Waals surface area (Å²) in [6.07, 6.45) is 13.0. The Morgan fingerprint density at radius 3 is 1.98 bits per heavy atom. The fraction of sp³-hybridized carbons (Fsp3) is 0.286. The second-order valence-electron chi connectivity index (χ2n) is 15.5. The van der Waals surface area contributed by atoms with Crippen LogP contribution in [0.4, 0.5) is 4.79 Å². The first-order valence-electron chi connectivity index (χ1n) is 20.4. The summed E-state index contributed by atoms with van der Waals surface area (Å²) in [6.45, 7) is 0.110. The molecule has 1 heterocycles. The van der Waals surface area contributed by atoms with Gasteiger partial charge in [-0.2, -0.15) is 0 Å². The van der Waals surface area contributed by atoms with Crippen molar-refractivity contribution in [2.24, 2.45) is 0 Å². The number of halogens is 1. The molecular formula is C49H47ClN3O4Tl. The Morgan fingerprint density at radius 1 is 0.759 bits per heavy atom. The number of fused-ring (bicyclic) bond motifs is 3. The van der Waals surface area contributed by atoms with Gasteiger partial charge in [-0.3, -0.25) is 0 Å². The third-order valence-electron chi connectivity index (χ3n) is 11.8. The van der Waals surface area contributed by atoms with Gasteiger partial charge in [0.2, 0.25) is 0 Å². The van der Waals surface area contributed by atoms with E-state index in [-0.39, 0.29) is 18.9 Å². The molecule has 292 valence electrons. The average molecular weight is 982 g/mol. The molecule has 0 radical (unpaired) electrons. The first kappa shape index (κ1) is 40.1. The van der Waals surface area contributed by atoms with Crippen LogP contribution in [0.5, 0.6) is 0 Å². The molecule has 1 fully saturated rings. The van der Waals surface area contributed by atoms with E-state index in [1.165, 1.54) is 56.9 Å². The minimum absolute atomic E-state index is 0.108. The number of benzene rings is 5. The van der Waals surface area contributed by atoms with E-state index in [4.69, 9.17) is 21.1 Å². The number of ether oxygens (including phenoxy) is 2. The number of amides is 1.